The summed E-state index contributed by atoms with van der Waals surface area (Å²) in [7, 11) is 1.49. The average Bonchev–Trinajstić information content (AvgIpc) is 3.09. The lowest BCUT2D eigenvalue weighted by atomic mass is 10.0. The van der Waals surface area contributed by atoms with E-state index in [-0.39, 0.29) is 24.6 Å². The number of benzene rings is 1. The molecule has 0 aromatic heterocycles. The highest BCUT2D eigenvalue weighted by molar-refractivity contribution is 5.98. The van der Waals surface area contributed by atoms with Crippen LogP contribution in [0.2, 0.25) is 0 Å². The maximum Gasteiger partial charge on any atom is 0.348 e. The van der Waals surface area contributed by atoms with Crippen LogP contribution in [0.5, 0.6) is 0 Å². The third-order valence-electron chi connectivity index (χ3n) is 3.94. The van der Waals surface area contributed by atoms with E-state index >= 15 is 0 Å². The van der Waals surface area contributed by atoms with Crippen molar-refractivity contribution in [2.75, 3.05) is 38.3 Å². The van der Waals surface area contributed by atoms with Crippen LogP contribution in [0.15, 0.2) is 17.7 Å². The molecule has 0 atom stereocenters. The average molecular weight is 332 g/mol. The number of aryl methyl sites for hydroxylation is 1. The summed E-state index contributed by atoms with van der Waals surface area (Å²) in [5.74, 6) is -1.09. The molecule has 0 unspecified atom stereocenters. The van der Waals surface area contributed by atoms with Gasteiger partial charge in [-0.2, -0.15) is 5.26 Å². The number of carbonyl (C=O) groups is 1. The van der Waals surface area contributed by atoms with Crippen molar-refractivity contribution in [3.8, 4) is 6.07 Å². The second-order valence-electron chi connectivity index (χ2n) is 5.65. The molecule has 1 aromatic rings. The normalized spacial score (nSPS) is 14.6. The molecule has 0 saturated carbocycles. The third-order valence-corrected chi connectivity index (χ3v) is 3.94. The second kappa shape index (κ2) is 8.46. The van der Waals surface area contributed by atoms with E-state index < -0.39 is 5.97 Å². The van der Waals surface area contributed by atoms with Crippen molar-refractivity contribution in [3.05, 3.63) is 34.6 Å². The SMILES string of the molecule is COCCOC(=O)/C(C#N)=C/c1cc(F)c(N2CCCC2)cc1C. The van der Waals surface area contributed by atoms with Crippen LogP contribution in [0.4, 0.5) is 10.1 Å². The number of carbonyl (C=O) groups excluding carboxylic acids is 1. The third kappa shape index (κ3) is 4.33. The minimum absolute atomic E-state index is 0.0651. The highest BCUT2D eigenvalue weighted by atomic mass is 19.1. The number of nitrogens with zero attached hydrogens (tertiary/aromatic N) is 2. The van der Waals surface area contributed by atoms with Gasteiger partial charge in [0.25, 0.3) is 0 Å². The Morgan fingerprint density at radius 2 is 2.08 bits per heavy atom. The lowest BCUT2D eigenvalue weighted by Gasteiger charge is -2.19. The summed E-state index contributed by atoms with van der Waals surface area (Å²) in [6.45, 7) is 3.84. The molecule has 5 nitrogen and oxygen atoms in total. The number of esters is 1. The van der Waals surface area contributed by atoms with Crippen LogP contribution in [0.25, 0.3) is 6.08 Å². The van der Waals surface area contributed by atoms with Gasteiger partial charge in [-0.3, -0.25) is 0 Å². The summed E-state index contributed by atoms with van der Waals surface area (Å²) in [5, 5.41) is 9.15. The van der Waals surface area contributed by atoms with Crippen molar-refractivity contribution in [2.24, 2.45) is 0 Å². The monoisotopic (exact) mass is 332 g/mol. The minimum atomic E-state index is -0.738. The zero-order chi connectivity index (χ0) is 17.5. The minimum Gasteiger partial charge on any atom is -0.459 e. The van der Waals surface area contributed by atoms with Crippen molar-refractivity contribution in [3.63, 3.8) is 0 Å². The number of methoxy groups -OCH3 is 1. The summed E-state index contributed by atoms with van der Waals surface area (Å²) in [6, 6.07) is 4.93. The number of ether oxygens (including phenoxy) is 2. The Labute approximate surface area is 141 Å². The van der Waals surface area contributed by atoms with Crippen LogP contribution in [0, 0.1) is 24.1 Å². The molecule has 2 rings (SSSR count). The van der Waals surface area contributed by atoms with E-state index in [0.717, 1.165) is 31.5 Å². The molecule has 6 heteroatoms. The number of anilines is 1. The molecule has 1 saturated heterocycles. The number of rotatable bonds is 6. The quantitative estimate of drug-likeness (QED) is 0.347. The van der Waals surface area contributed by atoms with Gasteiger partial charge in [0.15, 0.2) is 0 Å². The van der Waals surface area contributed by atoms with Crippen LogP contribution in [0.3, 0.4) is 0 Å². The summed E-state index contributed by atoms with van der Waals surface area (Å²) in [5.41, 5.74) is 1.71. The first kappa shape index (κ1) is 18.0. The first-order valence-electron chi connectivity index (χ1n) is 7.89. The van der Waals surface area contributed by atoms with Crippen LogP contribution in [0.1, 0.15) is 24.0 Å². The molecule has 0 bridgehead atoms. The molecule has 1 aliphatic heterocycles. The lowest BCUT2D eigenvalue weighted by Crippen LogP contribution is -2.19. The smallest absolute Gasteiger partial charge is 0.348 e. The van der Waals surface area contributed by atoms with Crippen LogP contribution in [-0.2, 0) is 14.3 Å². The van der Waals surface area contributed by atoms with E-state index in [0.29, 0.717) is 11.3 Å². The molecule has 0 N–H and O–H groups in total. The molecule has 0 amide bonds. The summed E-state index contributed by atoms with van der Waals surface area (Å²) < 4.78 is 24.1. The molecule has 0 spiro atoms. The Kier molecular flexibility index (Phi) is 6.33. The molecule has 1 heterocycles. The fourth-order valence-corrected chi connectivity index (χ4v) is 2.63. The number of hydrogen-bond acceptors (Lipinski definition) is 5. The van der Waals surface area contributed by atoms with E-state index in [1.165, 1.54) is 19.3 Å². The second-order valence-corrected chi connectivity index (χ2v) is 5.65. The van der Waals surface area contributed by atoms with Crippen molar-refractivity contribution in [2.45, 2.75) is 19.8 Å². The van der Waals surface area contributed by atoms with Crippen LogP contribution >= 0.6 is 0 Å². The van der Waals surface area contributed by atoms with Gasteiger partial charge < -0.3 is 14.4 Å². The predicted octanol–water partition coefficient (Wildman–Crippen LogP) is 2.83. The fourth-order valence-electron chi connectivity index (χ4n) is 2.63. The van der Waals surface area contributed by atoms with Gasteiger partial charge in [0.1, 0.15) is 24.1 Å². The van der Waals surface area contributed by atoms with Crippen molar-refractivity contribution < 1.29 is 18.7 Å². The van der Waals surface area contributed by atoms with Crippen LogP contribution in [-0.4, -0.2) is 39.4 Å². The molecule has 24 heavy (non-hydrogen) atoms. The molecular formula is C18H21FN2O3. The summed E-state index contributed by atoms with van der Waals surface area (Å²) in [4.78, 5) is 13.9. The topological polar surface area (TPSA) is 62.6 Å². The molecule has 1 aliphatic rings. The van der Waals surface area contributed by atoms with E-state index in [9.17, 15) is 9.18 Å². The standard InChI is InChI=1S/C18H21FN2O3/c1-13-9-17(21-5-3-4-6-21)16(19)11-14(13)10-15(12-20)18(22)24-8-7-23-2/h9-11H,3-8H2,1-2H3/b15-10+. The number of nitriles is 1. The van der Waals surface area contributed by atoms with Crippen molar-refractivity contribution >= 4 is 17.7 Å². The largest absolute Gasteiger partial charge is 0.459 e. The Balaban J connectivity index is 2.22. The molecule has 0 radical (unpaired) electrons. The first-order valence-corrected chi connectivity index (χ1v) is 7.89. The van der Waals surface area contributed by atoms with E-state index in [1.54, 1.807) is 12.1 Å². The zero-order valence-corrected chi connectivity index (χ0v) is 14.0. The van der Waals surface area contributed by atoms with Gasteiger partial charge in [-0.05, 0) is 49.1 Å². The van der Waals surface area contributed by atoms with Gasteiger partial charge >= 0.3 is 5.97 Å². The van der Waals surface area contributed by atoms with Crippen LogP contribution < -0.4 is 4.90 Å². The van der Waals surface area contributed by atoms with Gasteiger partial charge in [0.2, 0.25) is 0 Å². The highest BCUT2D eigenvalue weighted by Crippen LogP contribution is 2.27. The maximum absolute atomic E-state index is 14.4. The highest BCUT2D eigenvalue weighted by Gasteiger charge is 2.18. The van der Waals surface area contributed by atoms with E-state index in [1.807, 2.05) is 11.8 Å². The summed E-state index contributed by atoms with van der Waals surface area (Å²) >= 11 is 0. The Hall–Kier alpha value is -2.39. The van der Waals surface area contributed by atoms with Gasteiger partial charge in [0.05, 0.1) is 12.3 Å². The number of hydrogen-bond donors (Lipinski definition) is 0. The zero-order valence-electron chi connectivity index (χ0n) is 14.0. The van der Waals surface area contributed by atoms with Gasteiger partial charge in [0, 0.05) is 20.2 Å². The fraction of sp³-hybridized carbons (Fsp3) is 0.444. The summed E-state index contributed by atoms with van der Waals surface area (Å²) in [6.07, 6.45) is 3.49. The Bertz CT molecular complexity index is 674. The molecule has 1 fully saturated rings. The molecular weight excluding hydrogens is 311 g/mol. The first-order chi connectivity index (χ1) is 11.6. The Morgan fingerprint density at radius 1 is 1.38 bits per heavy atom. The van der Waals surface area contributed by atoms with Gasteiger partial charge in [-0.25, -0.2) is 9.18 Å². The van der Waals surface area contributed by atoms with E-state index in [2.05, 4.69) is 0 Å². The molecule has 0 aliphatic carbocycles. The van der Waals surface area contributed by atoms with Crippen molar-refractivity contribution in [1.29, 1.82) is 5.26 Å². The van der Waals surface area contributed by atoms with Gasteiger partial charge in [-0.1, -0.05) is 0 Å². The number of halogens is 1. The molecule has 1 aromatic carbocycles. The van der Waals surface area contributed by atoms with Crippen molar-refractivity contribution in [1.82, 2.24) is 0 Å². The lowest BCUT2D eigenvalue weighted by molar-refractivity contribution is -0.139. The predicted molar refractivity (Wildman–Crippen MR) is 89.0 cm³/mol. The Morgan fingerprint density at radius 3 is 2.71 bits per heavy atom. The molecule has 128 valence electrons. The van der Waals surface area contributed by atoms with Gasteiger partial charge in [-0.15, -0.1) is 0 Å². The maximum atomic E-state index is 14.4. The van der Waals surface area contributed by atoms with E-state index in [4.69, 9.17) is 14.7 Å².